The third-order valence-electron chi connectivity index (χ3n) is 4.42. The summed E-state index contributed by atoms with van der Waals surface area (Å²) in [6.07, 6.45) is 15.1. The van der Waals surface area contributed by atoms with Crippen molar-refractivity contribution in [2.24, 2.45) is 5.92 Å². The molecule has 0 spiro atoms. The molecule has 0 unspecified atom stereocenters. The minimum atomic E-state index is 0.323. The maximum Gasteiger partial charge on any atom is 0.220 e. The Labute approximate surface area is 106 Å². The van der Waals surface area contributed by atoms with E-state index >= 15 is 0 Å². The van der Waals surface area contributed by atoms with Crippen LogP contribution in [0.4, 0.5) is 0 Å². The van der Waals surface area contributed by atoms with E-state index < -0.39 is 0 Å². The summed E-state index contributed by atoms with van der Waals surface area (Å²) in [5, 5.41) is 3.25. The smallest absolute Gasteiger partial charge is 0.220 e. The minimum absolute atomic E-state index is 0.323. The molecule has 0 heterocycles. The molecule has 1 N–H and O–H groups in total. The van der Waals surface area contributed by atoms with Crippen LogP contribution in [0.3, 0.4) is 0 Å². The second-order valence-corrected chi connectivity index (χ2v) is 5.96. The highest BCUT2D eigenvalue weighted by atomic mass is 16.1. The molecule has 0 aromatic heterocycles. The van der Waals surface area contributed by atoms with Gasteiger partial charge in [-0.05, 0) is 31.6 Å². The molecule has 2 nitrogen and oxygen atoms in total. The van der Waals surface area contributed by atoms with E-state index in [0.29, 0.717) is 17.9 Å². The molecular weight excluding hydrogens is 210 g/mol. The second kappa shape index (κ2) is 7.03. The monoisotopic (exact) mass is 237 g/mol. The van der Waals surface area contributed by atoms with Gasteiger partial charge in [0.2, 0.25) is 5.91 Å². The lowest BCUT2D eigenvalue weighted by molar-refractivity contribution is -0.123. The van der Waals surface area contributed by atoms with Crippen LogP contribution in [0.5, 0.6) is 0 Å². The molecule has 0 atom stereocenters. The van der Waals surface area contributed by atoms with Gasteiger partial charge in [-0.1, -0.05) is 44.9 Å². The van der Waals surface area contributed by atoms with Crippen LogP contribution in [0, 0.1) is 5.92 Å². The Hall–Kier alpha value is -0.530. The zero-order chi connectivity index (χ0) is 11.9. The second-order valence-electron chi connectivity index (χ2n) is 5.96. The number of rotatable bonds is 3. The van der Waals surface area contributed by atoms with Crippen molar-refractivity contribution < 1.29 is 4.79 Å². The van der Waals surface area contributed by atoms with Crippen LogP contribution in [0.1, 0.15) is 77.0 Å². The molecule has 2 aliphatic carbocycles. The van der Waals surface area contributed by atoms with Crippen LogP contribution in [0.25, 0.3) is 0 Å². The summed E-state index contributed by atoms with van der Waals surface area (Å²) in [4.78, 5) is 12.0. The molecule has 0 saturated heterocycles. The molecular formula is C15H27NO. The van der Waals surface area contributed by atoms with E-state index in [9.17, 15) is 4.79 Å². The van der Waals surface area contributed by atoms with Crippen LogP contribution in [0.15, 0.2) is 0 Å². The first-order valence-corrected chi connectivity index (χ1v) is 7.64. The van der Waals surface area contributed by atoms with Crippen molar-refractivity contribution >= 4 is 5.91 Å². The fourth-order valence-corrected chi connectivity index (χ4v) is 3.36. The highest BCUT2D eigenvalue weighted by Crippen LogP contribution is 2.25. The summed E-state index contributed by atoms with van der Waals surface area (Å²) in [5.74, 6) is 0.991. The Kier molecular flexibility index (Phi) is 5.34. The van der Waals surface area contributed by atoms with Gasteiger partial charge >= 0.3 is 0 Å². The number of hydrogen-bond acceptors (Lipinski definition) is 1. The van der Waals surface area contributed by atoms with Crippen molar-refractivity contribution in [2.75, 3.05) is 0 Å². The summed E-state index contributed by atoms with van der Waals surface area (Å²) in [7, 11) is 0. The highest BCUT2D eigenvalue weighted by molar-refractivity contribution is 5.76. The molecule has 17 heavy (non-hydrogen) atoms. The average Bonchev–Trinajstić information content (AvgIpc) is 2.59. The zero-order valence-corrected chi connectivity index (χ0v) is 11.0. The van der Waals surface area contributed by atoms with E-state index in [4.69, 9.17) is 0 Å². The first-order chi connectivity index (χ1) is 8.34. The molecule has 0 radical (unpaired) electrons. The predicted molar refractivity (Wildman–Crippen MR) is 70.8 cm³/mol. The molecule has 0 aromatic carbocycles. The van der Waals surface area contributed by atoms with Crippen LogP contribution in [-0.2, 0) is 4.79 Å². The lowest BCUT2D eigenvalue weighted by Gasteiger charge is -2.24. The topological polar surface area (TPSA) is 29.1 Å². The van der Waals surface area contributed by atoms with E-state index in [1.807, 2.05) is 0 Å². The summed E-state index contributed by atoms with van der Waals surface area (Å²) in [6.45, 7) is 0. The van der Waals surface area contributed by atoms with Crippen LogP contribution in [-0.4, -0.2) is 11.9 Å². The van der Waals surface area contributed by atoms with Gasteiger partial charge in [0.15, 0.2) is 0 Å². The van der Waals surface area contributed by atoms with Crippen LogP contribution < -0.4 is 5.32 Å². The Morgan fingerprint density at radius 1 is 0.824 bits per heavy atom. The molecule has 2 aliphatic rings. The summed E-state index contributed by atoms with van der Waals surface area (Å²) < 4.78 is 0. The van der Waals surface area contributed by atoms with Crippen molar-refractivity contribution in [3.63, 3.8) is 0 Å². The Morgan fingerprint density at radius 3 is 2.00 bits per heavy atom. The molecule has 2 heteroatoms. The van der Waals surface area contributed by atoms with E-state index in [-0.39, 0.29) is 0 Å². The fraction of sp³-hybridized carbons (Fsp3) is 0.933. The van der Waals surface area contributed by atoms with Crippen molar-refractivity contribution in [1.29, 1.82) is 0 Å². The first kappa shape index (κ1) is 12.9. The molecule has 1 amide bonds. The van der Waals surface area contributed by atoms with Gasteiger partial charge in [0.1, 0.15) is 0 Å². The lowest BCUT2D eigenvalue weighted by atomic mass is 9.93. The maximum absolute atomic E-state index is 12.0. The number of carbonyl (C=O) groups is 1. The van der Waals surface area contributed by atoms with Gasteiger partial charge in [-0.2, -0.15) is 0 Å². The summed E-state index contributed by atoms with van der Waals surface area (Å²) in [6, 6.07) is 0.488. The summed E-state index contributed by atoms with van der Waals surface area (Å²) >= 11 is 0. The Morgan fingerprint density at radius 2 is 1.35 bits per heavy atom. The predicted octanol–water partition coefficient (Wildman–Crippen LogP) is 3.80. The van der Waals surface area contributed by atoms with Gasteiger partial charge in [-0.3, -0.25) is 4.79 Å². The van der Waals surface area contributed by atoms with Gasteiger partial charge in [0, 0.05) is 12.5 Å². The van der Waals surface area contributed by atoms with Gasteiger partial charge in [-0.15, -0.1) is 0 Å². The quantitative estimate of drug-likeness (QED) is 0.743. The first-order valence-electron chi connectivity index (χ1n) is 7.64. The molecule has 0 aliphatic heterocycles. The van der Waals surface area contributed by atoms with E-state index in [1.165, 1.54) is 70.6 Å². The van der Waals surface area contributed by atoms with E-state index in [1.54, 1.807) is 0 Å². The van der Waals surface area contributed by atoms with Gasteiger partial charge in [0.25, 0.3) is 0 Å². The fourth-order valence-electron chi connectivity index (χ4n) is 3.36. The van der Waals surface area contributed by atoms with E-state index in [2.05, 4.69) is 5.32 Å². The highest BCUT2D eigenvalue weighted by Gasteiger charge is 2.19. The number of carbonyl (C=O) groups excluding carboxylic acids is 1. The van der Waals surface area contributed by atoms with Crippen LogP contribution in [0.2, 0.25) is 0 Å². The molecule has 0 bridgehead atoms. The maximum atomic E-state index is 12.0. The third-order valence-corrected chi connectivity index (χ3v) is 4.42. The molecule has 2 rings (SSSR count). The normalized spacial score (nSPS) is 24.2. The van der Waals surface area contributed by atoms with Crippen molar-refractivity contribution in [3.8, 4) is 0 Å². The molecule has 2 fully saturated rings. The number of nitrogens with one attached hydrogen (secondary N) is 1. The van der Waals surface area contributed by atoms with Crippen LogP contribution >= 0.6 is 0 Å². The number of hydrogen-bond donors (Lipinski definition) is 1. The molecule has 98 valence electrons. The van der Waals surface area contributed by atoms with Gasteiger partial charge in [0.05, 0.1) is 0 Å². The van der Waals surface area contributed by atoms with Crippen molar-refractivity contribution in [1.82, 2.24) is 5.32 Å². The van der Waals surface area contributed by atoms with Gasteiger partial charge < -0.3 is 5.32 Å². The summed E-state index contributed by atoms with van der Waals surface area (Å²) in [5.41, 5.74) is 0. The average molecular weight is 237 g/mol. The van der Waals surface area contributed by atoms with Crippen molar-refractivity contribution in [2.45, 2.75) is 83.1 Å². The lowest BCUT2D eigenvalue weighted by Crippen LogP contribution is -2.37. The van der Waals surface area contributed by atoms with E-state index in [0.717, 1.165) is 6.42 Å². The van der Waals surface area contributed by atoms with Crippen molar-refractivity contribution in [3.05, 3.63) is 0 Å². The number of amides is 1. The molecule has 2 saturated carbocycles. The third kappa shape index (κ3) is 4.69. The SMILES string of the molecule is O=C(CC1CCCCCC1)NC1CCCCC1. The Balaban J connectivity index is 1.68. The molecule has 0 aromatic rings. The van der Waals surface area contributed by atoms with Gasteiger partial charge in [-0.25, -0.2) is 0 Å². The largest absolute Gasteiger partial charge is 0.353 e. The minimum Gasteiger partial charge on any atom is -0.353 e. The zero-order valence-electron chi connectivity index (χ0n) is 11.0. The standard InChI is InChI=1S/C15H27NO/c17-15(16-14-10-6-3-7-11-14)12-13-8-4-1-2-5-9-13/h13-14H,1-12H2,(H,16,17). The Bertz CT molecular complexity index is 225.